The van der Waals surface area contributed by atoms with Crippen LogP contribution in [0.1, 0.15) is 40.0 Å². The standard InChI is InChI=1S/C17H27N3O/c1-4-18-17(2,3)16(21)19-14-8-10-15(11-9-14)20-12-6-5-7-13-20/h8-11,18H,4-7,12-13H2,1-3H3,(H,19,21). The molecule has 1 saturated heterocycles. The highest BCUT2D eigenvalue weighted by atomic mass is 16.2. The molecule has 0 saturated carbocycles. The zero-order chi connectivity index (χ0) is 15.3. The lowest BCUT2D eigenvalue weighted by Crippen LogP contribution is -2.49. The Labute approximate surface area is 127 Å². The van der Waals surface area contributed by atoms with E-state index >= 15 is 0 Å². The van der Waals surface area contributed by atoms with Crippen molar-refractivity contribution in [3.63, 3.8) is 0 Å². The fraction of sp³-hybridized carbons (Fsp3) is 0.588. The molecule has 116 valence electrons. The highest BCUT2D eigenvalue weighted by molar-refractivity contribution is 5.97. The van der Waals surface area contributed by atoms with E-state index in [1.807, 2.05) is 32.9 Å². The number of rotatable bonds is 5. The summed E-state index contributed by atoms with van der Waals surface area (Å²) in [6, 6.07) is 8.18. The summed E-state index contributed by atoms with van der Waals surface area (Å²) in [7, 11) is 0. The summed E-state index contributed by atoms with van der Waals surface area (Å²) in [4.78, 5) is 14.6. The van der Waals surface area contributed by atoms with Crippen LogP contribution in [-0.4, -0.2) is 31.1 Å². The zero-order valence-electron chi connectivity index (χ0n) is 13.4. The van der Waals surface area contributed by atoms with Crippen LogP contribution in [0.3, 0.4) is 0 Å². The molecule has 0 unspecified atom stereocenters. The first kappa shape index (κ1) is 15.8. The molecule has 1 aliphatic heterocycles. The van der Waals surface area contributed by atoms with Crippen molar-refractivity contribution >= 4 is 17.3 Å². The molecule has 4 heteroatoms. The second kappa shape index (κ2) is 6.94. The molecule has 1 amide bonds. The summed E-state index contributed by atoms with van der Waals surface area (Å²) >= 11 is 0. The molecular formula is C17H27N3O. The van der Waals surface area contributed by atoms with Gasteiger partial charge in [-0.1, -0.05) is 6.92 Å². The van der Waals surface area contributed by atoms with Gasteiger partial charge < -0.3 is 15.5 Å². The van der Waals surface area contributed by atoms with Crippen molar-refractivity contribution in [2.75, 3.05) is 29.9 Å². The summed E-state index contributed by atoms with van der Waals surface area (Å²) in [5.74, 6) is -0.00456. The molecule has 1 aromatic carbocycles. The average Bonchev–Trinajstić information content (AvgIpc) is 2.49. The number of carbonyl (C=O) groups is 1. The molecule has 2 N–H and O–H groups in total. The van der Waals surface area contributed by atoms with Gasteiger partial charge in [-0.15, -0.1) is 0 Å². The molecule has 2 rings (SSSR count). The van der Waals surface area contributed by atoms with E-state index in [1.165, 1.54) is 24.9 Å². The summed E-state index contributed by atoms with van der Waals surface area (Å²) in [6.45, 7) is 8.84. The molecule has 1 aliphatic rings. The van der Waals surface area contributed by atoms with Crippen LogP contribution in [0.15, 0.2) is 24.3 Å². The molecule has 4 nitrogen and oxygen atoms in total. The number of likely N-dealkylation sites (N-methyl/N-ethyl adjacent to an activating group) is 1. The number of hydrogen-bond donors (Lipinski definition) is 2. The number of nitrogens with zero attached hydrogens (tertiary/aromatic N) is 1. The highest BCUT2D eigenvalue weighted by Gasteiger charge is 2.26. The zero-order valence-corrected chi connectivity index (χ0v) is 13.4. The number of nitrogens with one attached hydrogen (secondary N) is 2. The molecule has 1 heterocycles. The van der Waals surface area contributed by atoms with Crippen LogP contribution in [0.2, 0.25) is 0 Å². The molecular weight excluding hydrogens is 262 g/mol. The van der Waals surface area contributed by atoms with Gasteiger partial charge >= 0.3 is 0 Å². The van der Waals surface area contributed by atoms with E-state index < -0.39 is 5.54 Å². The normalized spacial score (nSPS) is 15.9. The van der Waals surface area contributed by atoms with Crippen LogP contribution in [-0.2, 0) is 4.79 Å². The Morgan fingerprint density at radius 3 is 2.33 bits per heavy atom. The van der Waals surface area contributed by atoms with Crippen LogP contribution >= 0.6 is 0 Å². The minimum atomic E-state index is -0.555. The van der Waals surface area contributed by atoms with E-state index in [4.69, 9.17) is 0 Å². The van der Waals surface area contributed by atoms with E-state index in [9.17, 15) is 4.79 Å². The fourth-order valence-corrected chi connectivity index (χ4v) is 2.72. The number of benzene rings is 1. The summed E-state index contributed by atoms with van der Waals surface area (Å²) < 4.78 is 0. The third kappa shape index (κ3) is 4.21. The predicted octanol–water partition coefficient (Wildman–Crippen LogP) is 3.00. The molecule has 0 aliphatic carbocycles. The Hall–Kier alpha value is -1.55. The first-order valence-electron chi connectivity index (χ1n) is 7.94. The van der Waals surface area contributed by atoms with Crippen molar-refractivity contribution in [3.05, 3.63) is 24.3 Å². The van der Waals surface area contributed by atoms with Gasteiger partial charge in [-0.3, -0.25) is 4.79 Å². The van der Waals surface area contributed by atoms with Crippen LogP contribution < -0.4 is 15.5 Å². The Balaban J connectivity index is 1.97. The number of carbonyl (C=O) groups excluding carboxylic acids is 1. The number of amides is 1. The third-order valence-electron chi connectivity index (χ3n) is 4.03. The summed E-state index contributed by atoms with van der Waals surface area (Å²) in [5.41, 5.74) is 1.55. The minimum absolute atomic E-state index is 0.00456. The van der Waals surface area contributed by atoms with Gasteiger partial charge in [0, 0.05) is 24.5 Å². The predicted molar refractivity (Wildman–Crippen MR) is 88.9 cm³/mol. The van der Waals surface area contributed by atoms with Gasteiger partial charge in [0.05, 0.1) is 5.54 Å². The van der Waals surface area contributed by atoms with Crippen molar-refractivity contribution in [2.24, 2.45) is 0 Å². The third-order valence-corrected chi connectivity index (χ3v) is 4.03. The quantitative estimate of drug-likeness (QED) is 0.876. The van der Waals surface area contributed by atoms with Crippen molar-refractivity contribution in [3.8, 4) is 0 Å². The fourth-order valence-electron chi connectivity index (χ4n) is 2.72. The monoisotopic (exact) mass is 289 g/mol. The lowest BCUT2D eigenvalue weighted by Gasteiger charge is -2.29. The minimum Gasteiger partial charge on any atom is -0.372 e. The second-order valence-corrected chi connectivity index (χ2v) is 6.20. The Morgan fingerprint density at radius 2 is 1.76 bits per heavy atom. The highest BCUT2D eigenvalue weighted by Crippen LogP contribution is 2.22. The molecule has 0 bridgehead atoms. The van der Waals surface area contributed by atoms with E-state index in [0.717, 1.165) is 25.3 Å². The van der Waals surface area contributed by atoms with Gasteiger partial charge in [0.15, 0.2) is 0 Å². The van der Waals surface area contributed by atoms with E-state index in [0.29, 0.717) is 0 Å². The second-order valence-electron chi connectivity index (χ2n) is 6.20. The number of piperidine rings is 1. The molecule has 1 fully saturated rings. The van der Waals surface area contributed by atoms with Crippen molar-refractivity contribution in [1.82, 2.24) is 5.32 Å². The van der Waals surface area contributed by atoms with E-state index in [2.05, 4.69) is 27.7 Å². The molecule has 0 aromatic heterocycles. The van der Waals surface area contributed by atoms with Gasteiger partial charge in [-0.25, -0.2) is 0 Å². The van der Waals surface area contributed by atoms with Gasteiger partial charge in [-0.2, -0.15) is 0 Å². The van der Waals surface area contributed by atoms with Gasteiger partial charge in [0.1, 0.15) is 0 Å². The summed E-state index contributed by atoms with van der Waals surface area (Å²) in [6.07, 6.45) is 3.88. The van der Waals surface area contributed by atoms with Gasteiger partial charge in [0.2, 0.25) is 5.91 Å². The molecule has 1 aromatic rings. The smallest absolute Gasteiger partial charge is 0.244 e. The first-order valence-corrected chi connectivity index (χ1v) is 7.94. The van der Waals surface area contributed by atoms with Crippen LogP contribution in [0.4, 0.5) is 11.4 Å². The van der Waals surface area contributed by atoms with E-state index in [1.54, 1.807) is 0 Å². The van der Waals surface area contributed by atoms with Crippen molar-refractivity contribution < 1.29 is 4.79 Å². The van der Waals surface area contributed by atoms with Crippen molar-refractivity contribution in [1.29, 1.82) is 0 Å². The summed E-state index contributed by atoms with van der Waals surface area (Å²) in [5, 5.41) is 6.16. The molecule has 0 atom stereocenters. The number of hydrogen-bond acceptors (Lipinski definition) is 3. The Bertz CT molecular complexity index is 461. The maximum absolute atomic E-state index is 12.2. The Morgan fingerprint density at radius 1 is 1.14 bits per heavy atom. The number of anilines is 2. The maximum Gasteiger partial charge on any atom is 0.244 e. The van der Waals surface area contributed by atoms with E-state index in [-0.39, 0.29) is 5.91 Å². The molecule has 21 heavy (non-hydrogen) atoms. The SMILES string of the molecule is CCNC(C)(C)C(=O)Nc1ccc(N2CCCCC2)cc1. The maximum atomic E-state index is 12.2. The van der Waals surface area contributed by atoms with Crippen LogP contribution in [0.5, 0.6) is 0 Å². The van der Waals surface area contributed by atoms with Crippen molar-refractivity contribution in [2.45, 2.75) is 45.6 Å². The lowest BCUT2D eigenvalue weighted by molar-refractivity contribution is -0.121. The molecule has 0 spiro atoms. The van der Waals surface area contributed by atoms with Gasteiger partial charge in [-0.05, 0) is 63.9 Å². The van der Waals surface area contributed by atoms with Crippen LogP contribution in [0.25, 0.3) is 0 Å². The average molecular weight is 289 g/mol. The topological polar surface area (TPSA) is 44.4 Å². The van der Waals surface area contributed by atoms with Crippen LogP contribution in [0, 0.1) is 0 Å². The van der Waals surface area contributed by atoms with Gasteiger partial charge in [0.25, 0.3) is 0 Å². The first-order chi connectivity index (χ1) is 10.0. The largest absolute Gasteiger partial charge is 0.372 e. The Kier molecular flexibility index (Phi) is 5.23. The molecule has 0 radical (unpaired) electrons. The lowest BCUT2D eigenvalue weighted by atomic mass is 10.0.